The number of thioether (sulfide) groups is 1. The van der Waals surface area contributed by atoms with Crippen molar-refractivity contribution in [2.24, 2.45) is 0 Å². The lowest BCUT2D eigenvalue weighted by atomic mass is 9.98. The highest BCUT2D eigenvalue weighted by molar-refractivity contribution is 7.98. The zero-order valence-corrected chi connectivity index (χ0v) is 13.6. The van der Waals surface area contributed by atoms with Crippen molar-refractivity contribution in [1.29, 1.82) is 0 Å². The molecule has 0 unspecified atom stereocenters. The second kappa shape index (κ2) is 6.37. The second-order valence-electron chi connectivity index (χ2n) is 5.35. The minimum Gasteiger partial charge on any atom is -0.303 e. The topological polar surface area (TPSA) is 17.1 Å². The molecule has 0 aromatic heterocycles. The van der Waals surface area contributed by atoms with E-state index < -0.39 is 0 Å². The van der Waals surface area contributed by atoms with Gasteiger partial charge in [0.2, 0.25) is 0 Å². The first-order valence-electron chi connectivity index (χ1n) is 7.34. The number of hydrogen-bond acceptors (Lipinski definition) is 2. The third-order valence-electron chi connectivity index (χ3n) is 4.11. The number of carbonyl (C=O) groups is 1. The lowest BCUT2D eigenvalue weighted by Gasteiger charge is -2.06. The zero-order chi connectivity index (χ0) is 15.5. The van der Waals surface area contributed by atoms with Gasteiger partial charge in [0.1, 0.15) is 6.29 Å². The Morgan fingerprint density at radius 3 is 2.32 bits per heavy atom. The first-order chi connectivity index (χ1) is 10.7. The molecule has 0 radical (unpaired) electrons. The monoisotopic (exact) mass is 306 g/mol. The van der Waals surface area contributed by atoms with Gasteiger partial charge in [0.15, 0.2) is 0 Å². The van der Waals surface area contributed by atoms with Crippen molar-refractivity contribution in [2.45, 2.75) is 18.2 Å². The van der Waals surface area contributed by atoms with Crippen LogP contribution < -0.4 is 0 Å². The summed E-state index contributed by atoms with van der Waals surface area (Å²) < 4.78 is 0. The average Bonchev–Trinajstić information content (AvgIpc) is 2.82. The molecule has 1 aliphatic rings. The molecule has 0 saturated heterocycles. The minimum absolute atomic E-state index is 0.468. The van der Waals surface area contributed by atoms with Crippen LogP contribution in [0.15, 0.2) is 59.0 Å². The molecule has 0 aliphatic heterocycles. The Hall–Kier alpha value is -2.06. The lowest BCUT2D eigenvalue weighted by molar-refractivity contribution is -0.107. The van der Waals surface area contributed by atoms with E-state index in [0.717, 1.165) is 11.9 Å². The molecule has 0 atom stereocenters. The fourth-order valence-corrected chi connectivity index (χ4v) is 3.36. The summed E-state index contributed by atoms with van der Waals surface area (Å²) in [6.45, 7) is 2.11. The summed E-state index contributed by atoms with van der Waals surface area (Å²) in [5.41, 5.74) is 7.18. The second-order valence-corrected chi connectivity index (χ2v) is 6.23. The molecule has 0 amide bonds. The average molecular weight is 306 g/mol. The third-order valence-corrected chi connectivity index (χ3v) is 4.86. The molecule has 1 aliphatic carbocycles. The Morgan fingerprint density at radius 1 is 1.00 bits per heavy atom. The van der Waals surface area contributed by atoms with Crippen LogP contribution in [0.25, 0.3) is 17.2 Å². The smallest absolute Gasteiger partial charge is 0.124 e. The molecule has 0 heterocycles. The standard InChI is InChI=1S/C20H18OS/c1-14-17-5-3-4-6-19(17)20(18(14)11-12-21)13-15-7-9-16(22-2)10-8-15/h3-10,12-13H,11H2,1-2H3/b20-13-. The number of carbonyl (C=O) groups excluding carboxylic acids is 1. The molecule has 2 heteroatoms. The van der Waals surface area contributed by atoms with Crippen molar-refractivity contribution in [2.75, 3.05) is 6.26 Å². The van der Waals surface area contributed by atoms with Crippen molar-refractivity contribution in [3.05, 3.63) is 70.8 Å². The highest BCUT2D eigenvalue weighted by Gasteiger charge is 2.22. The van der Waals surface area contributed by atoms with E-state index in [-0.39, 0.29) is 0 Å². The van der Waals surface area contributed by atoms with Gasteiger partial charge in [0.05, 0.1) is 0 Å². The highest BCUT2D eigenvalue weighted by atomic mass is 32.2. The summed E-state index contributed by atoms with van der Waals surface area (Å²) in [6, 6.07) is 16.9. The quantitative estimate of drug-likeness (QED) is 0.561. The van der Waals surface area contributed by atoms with Crippen LogP contribution in [0.2, 0.25) is 0 Å². The van der Waals surface area contributed by atoms with Crippen LogP contribution in [0.5, 0.6) is 0 Å². The molecular weight excluding hydrogens is 288 g/mol. The Labute approximate surface area is 135 Å². The largest absolute Gasteiger partial charge is 0.303 e. The predicted octanol–water partition coefficient (Wildman–Crippen LogP) is 5.33. The predicted molar refractivity (Wildman–Crippen MR) is 95.8 cm³/mol. The number of aldehydes is 1. The van der Waals surface area contributed by atoms with E-state index in [1.165, 1.54) is 32.7 Å². The van der Waals surface area contributed by atoms with Crippen LogP contribution in [-0.4, -0.2) is 12.5 Å². The summed E-state index contributed by atoms with van der Waals surface area (Å²) in [4.78, 5) is 12.3. The van der Waals surface area contributed by atoms with Gasteiger partial charge in [-0.05, 0) is 64.8 Å². The van der Waals surface area contributed by atoms with Crippen LogP contribution in [0, 0.1) is 0 Å². The molecule has 2 aromatic carbocycles. The fourth-order valence-electron chi connectivity index (χ4n) is 2.95. The number of rotatable bonds is 4. The van der Waals surface area contributed by atoms with E-state index in [1.54, 1.807) is 11.8 Å². The maximum atomic E-state index is 11.1. The molecule has 110 valence electrons. The fraction of sp³-hybridized carbons (Fsp3) is 0.150. The van der Waals surface area contributed by atoms with Gasteiger partial charge in [-0.2, -0.15) is 0 Å². The summed E-state index contributed by atoms with van der Waals surface area (Å²) in [7, 11) is 0. The van der Waals surface area contributed by atoms with Gasteiger partial charge >= 0.3 is 0 Å². The van der Waals surface area contributed by atoms with Crippen LogP contribution in [0.3, 0.4) is 0 Å². The van der Waals surface area contributed by atoms with E-state index in [0.29, 0.717) is 6.42 Å². The van der Waals surface area contributed by atoms with E-state index in [9.17, 15) is 4.79 Å². The Bertz CT molecular complexity index is 767. The molecule has 0 spiro atoms. The Morgan fingerprint density at radius 2 is 1.68 bits per heavy atom. The van der Waals surface area contributed by atoms with Crippen molar-refractivity contribution >= 4 is 35.3 Å². The SMILES string of the molecule is CSc1ccc(/C=C2/C(CC=O)=C(C)c3ccccc32)cc1. The number of benzene rings is 2. The summed E-state index contributed by atoms with van der Waals surface area (Å²) >= 11 is 1.74. The van der Waals surface area contributed by atoms with Gasteiger partial charge in [0.25, 0.3) is 0 Å². The van der Waals surface area contributed by atoms with Gasteiger partial charge in [0, 0.05) is 11.3 Å². The Kier molecular flexibility index (Phi) is 4.30. The van der Waals surface area contributed by atoms with Gasteiger partial charge < -0.3 is 4.79 Å². The zero-order valence-electron chi connectivity index (χ0n) is 12.8. The van der Waals surface area contributed by atoms with Gasteiger partial charge in [-0.25, -0.2) is 0 Å². The molecule has 0 bridgehead atoms. The molecule has 2 aromatic rings. The summed E-state index contributed by atoms with van der Waals surface area (Å²) in [6.07, 6.45) is 5.73. The van der Waals surface area contributed by atoms with Crippen LogP contribution in [-0.2, 0) is 4.79 Å². The van der Waals surface area contributed by atoms with E-state index in [4.69, 9.17) is 0 Å². The van der Waals surface area contributed by atoms with Crippen molar-refractivity contribution < 1.29 is 4.79 Å². The van der Waals surface area contributed by atoms with Crippen LogP contribution >= 0.6 is 11.8 Å². The van der Waals surface area contributed by atoms with Crippen molar-refractivity contribution in [3.8, 4) is 0 Å². The molecule has 3 rings (SSSR count). The molecule has 0 N–H and O–H groups in total. The number of allylic oxidation sites excluding steroid dienone is 3. The normalized spacial score (nSPS) is 15.3. The maximum absolute atomic E-state index is 11.1. The summed E-state index contributed by atoms with van der Waals surface area (Å²) in [5.74, 6) is 0. The molecular formula is C20H18OS. The molecule has 0 saturated carbocycles. The Balaban J connectivity index is 2.10. The lowest BCUT2D eigenvalue weighted by Crippen LogP contribution is -1.87. The summed E-state index contributed by atoms with van der Waals surface area (Å²) in [5, 5.41) is 0. The first-order valence-corrected chi connectivity index (χ1v) is 8.56. The number of hydrogen-bond donors (Lipinski definition) is 0. The maximum Gasteiger partial charge on any atom is 0.124 e. The molecule has 1 nitrogen and oxygen atoms in total. The molecule has 0 fully saturated rings. The third kappa shape index (κ3) is 2.67. The van der Waals surface area contributed by atoms with Gasteiger partial charge in [-0.15, -0.1) is 11.8 Å². The van der Waals surface area contributed by atoms with Crippen LogP contribution in [0.4, 0.5) is 0 Å². The van der Waals surface area contributed by atoms with Gasteiger partial charge in [-0.3, -0.25) is 0 Å². The van der Waals surface area contributed by atoms with Crippen molar-refractivity contribution in [3.63, 3.8) is 0 Å². The highest BCUT2D eigenvalue weighted by Crippen LogP contribution is 2.43. The minimum atomic E-state index is 0.468. The first kappa shape index (κ1) is 14.9. The van der Waals surface area contributed by atoms with E-state index in [1.807, 2.05) is 0 Å². The molecule has 22 heavy (non-hydrogen) atoms. The van der Waals surface area contributed by atoms with Crippen molar-refractivity contribution in [1.82, 2.24) is 0 Å². The van der Waals surface area contributed by atoms with Crippen LogP contribution in [0.1, 0.15) is 30.0 Å². The van der Waals surface area contributed by atoms with E-state index >= 15 is 0 Å². The van der Waals surface area contributed by atoms with Gasteiger partial charge in [-0.1, -0.05) is 36.4 Å². The number of fused-ring (bicyclic) bond motifs is 1. The van der Waals surface area contributed by atoms with E-state index in [2.05, 4.69) is 67.8 Å².